The second-order valence-electron chi connectivity index (χ2n) is 9.01. The van der Waals surface area contributed by atoms with E-state index in [1.54, 1.807) is 11.6 Å². The van der Waals surface area contributed by atoms with Gasteiger partial charge in [0.25, 0.3) is 5.56 Å². The molecular formula is C25H31F2N3O2. The van der Waals surface area contributed by atoms with E-state index in [1.807, 2.05) is 45.2 Å². The Labute approximate surface area is 187 Å². The van der Waals surface area contributed by atoms with Crippen molar-refractivity contribution >= 4 is 11.0 Å². The zero-order valence-electron chi connectivity index (χ0n) is 19.2. The van der Waals surface area contributed by atoms with E-state index in [-0.39, 0.29) is 30.4 Å². The topological polar surface area (TPSA) is 49.1 Å². The maximum absolute atomic E-state index is 13.8. The maximum Gasteiger partial charge on any atom is 0.253 e. The SMILES string of the molecule is CCO[C@H](C)Cn1c(C2CCC(F)(F)CC2)nc2ccc(-c3cc(C)c(=O)n(C)c3)cc21. The van der Waals surface area contributed by atoms with Gasteiger partial charge in [0.1, 0.15) is 5.82 Å². The van der Waals surface area contributed by atoms with Crippen LogP contribution in [0.15, 0.2) is 35.3 Å². The second kappa shape index (κ2) is 8.77. The molecule has 1 aliphatic rings. The van der Waals surface area contributed by atoms with Crippen LogP contribution < -0.4 is 5.56 Å². The summed E-state index contributed by atoms with van der Waals surface area (Å²) < 4.78 is 37.1. The predicted octanol–water partition coefficient (Wildman–Crippen LogP) is 5.43. The Morgan fingerprint density at radius 1 is 1.22 bits per heavy atom. The molecule has 1 aliphatic carbocycles. The molecule has 0 radical (unpaired) electrons. The van der Waals surface area contributed by atoms with Gasteiger partial charge >= 0.3 is 0 Å². The molecule has 0 bridgehead atoms. The average Bonchev–Trinajstić information content (AvgIpc) is 3.09. The number of benzene rings is 1. The lowest BCUT2D eigenvalue weighted by atomic mass is 9.86. The number of aromatic nitrogens is 3. The summed E-state index contributed by atoms with van der Waals surface area (Å²) in [5.74, 6) is -1.69. The summed E-state index contributed by atoms with van der Waals surface area (Å²) in [6, 6.07) is 7.97. The standard InChI is InChI=1S/C25H31F2N3O2/c1-5-32-17(3)14-30-22-13-19(20-12-16(2)24(31)29(4)15-20)6-7-21(22)28-23(30)18-8-10-25(26,27)11-9-18/h6-7,12-13,15,17-18H,5,8-11,14H2,1-4H3/t17-/m1/s1. The number of imidazole rings is 1. The van der Waals surface area contributed by atoms with Gasteiger partial charge in [-0.15, -0.1) is 0 Å². The Morgan fingerprint density at radius 3 is 2.59 bits per heavy atom. The Bertz CT molecular complexity index is 1150. The molecule has 0 unspecified atom stereocenters. The minimum absolute atomic E-state index is 0.0122. The van der Waals surface area contributed by atoms with E-state index < -0.39 is 5.92 Å². The Kier molecular flexibility index (Phi) is 6.21. The molecule has 0 N–H and O–H groups in total. The van der Waals surface area contributed by atoms with E-state index in [1.165, 1.54) is 0 Å². The lowest BCUT2D eigenvalue weighted by Crippen LogP contribution is -2.26. The molecule has 4 rings (SSSR count). The number of hydrogen-bond donors (Lipinski definition) is 0. The van der Waals surface area contributed by atoms with Crippen LogP contribution in [0.3, 0.4) is 0 Å². The molecular weight excluding hydrogens is 412 g/mol. The van der Waals surface area contributed by atoms with E-state index in [9.17, 15) is 13.6 Å². The zero-order chi connectivity index (χ0) is 23.0. The lowest BCUT2D eigenvalue weighted by Gasteiger charge is -2.28. The Balaban J connectivity index is 1.79. The van der Waals surface area contributed by atoms with Gasteiger partial charge < -0.3 is 13.9 Å². The van der Waals surface area contributed by atoms with Crippen LogP contribution in [-0.4, -0.2) is 32.8 Å². The summed E-state index contributed by atoms with van der Waals surface area (Å²) in [6.45, 7) is 7.03. The van der Waals surface area contributed by atoms with Gasteiger partial charge in [0.2, 0.25) is 5.92 Å². The minimum Gasteiger partial charge on any atom is -0.377 e. The average molecular weight is 444 g/mol. The summed E-state index contributed by atoms with van der Waals surface area (Å²) in [4.78, 5) is 17.0. The monoisotopic (exact) mass is 443 g/mol. The van der Waals surface area contributed by atoms with Gasteiger partial charge in [0.05, 0.1) is 23.7 Å². The van der Waals surface area contributed by atoms with Gasteiger partial charge in [0.15, 0.2) is 0 Å². The molecule has 3 aromatic rings. The van der Waals surface area contributed by atoms with Crippen molar-refractivity contribution in [2.45, 2.75) is 70.9 Å². The van der Waals surface area contributed by atoms with Crippen molar-refractivity contribution in [3.05, 3.63) is 52.2 Å². The molecule has 2 heterocycles. The largest absolute Gasteiger partial charge is 0.377 e. The first-order chi connectivity index (χ1) is 15.2. The van der Waals surface area contributed by atoms with Gasteiger partial charge in [-0.25, -0.2) is 13.8 Å². The van der Waals surface area contributed by atoms with Crippen molar-refractivity contribution in [1.82, 2.24) is 14.1 Å². The molecule has 2 aromatic heterocycles. The normalized spacial score (nSPS) is 17.7. The lowest BCUT2D eigenvalue weighted by molar-refractivity contribution is -0.0391. The van der Waals surface area contributed by atoms with Crippen molar-refractivity contribution in [2.24, 2.45) is 7.05 Å². The third kappa shape index (κ3) is 4.49. The van der Waals surface area contributed by atoms with Crippen molar-refractivity contribution in [3.8, 4) is 11.1 Å². The van der Waals surface area contributed by atoms with Crippen LogP contribution in [0.4, 0.5) is 8.78 Å². The molecule has 5 nitrogen and oxygen atoms in total. The predicted molar refractivity (Wildman–Crippen MR) is 122 cm³/mol. The number of halogens is 2. The highest BCUT2D eigenvalue weighted by Crippen LogP contribution is 2.41. The van der Waals surface area contributed by atoms with Crippen LogP contribution >= 0.6 is 0 Å². The summed E-state index contributed by atoms with van der Waals surface area (Å²) in [7, 11) is 1.75. The second-order valence-corrected chi connectivity index (χ2v) is 9.01. The highest BCUT2D eigenvalue weighted by atomic mass is 19.3. The third-order valence-corrected chi connectivity index (χ3v) is 6.45. The van der Waals surface area contributed by atoms with Gasteiger partial charge in [-0.3, -0.25) is 4.79 Å². The van der Waals surface area contributed by atoms with E-state index in [4.69, 9.17) is 9.72 Å². The van der Waals surface area contributed by atoms with Gasteiger partial charge in [-0.2, -0.15) is 0 Å². The van der Waals surface area contributed by atoms with Crippen molar-refractivity contribution in [2.75, 3.05) is 6.61 Å². The minimum atomic E-state index is -2.57. The Hall–Kier alpha value is -2.54. The molecule has 0 aliphatic heterocycles. The fourth-order valence-corrected chi connectivity index (χ4v) is 4.75. The molecule has 172 valence electrons. The van der Waals surface area contributed by atoms with Gasteiger partial charge in [-0.05, 0) is 62.9 Å². The number of rotatable bonds is 6. The van der Waals surface area contributed by atoms with Gasteiger partial charge in [0, 0.05) is 44.2 Å². The summed E-state index contributed by atoms with van der Waals surface area (Å²) in [6.07, 6.45) is 2.50. The molecule has 1 fully saturated rings. The quantitative estimate of drug-likeness (QED) is 0.511. The molecule has 0 amide bonds. The molecule has 0 saturated heterocycles. The first-order valence-electron chi connectivity index (χ1n) is 11.4. The van der Waals surface area contributed by atoms with E-state index in [0.717, 1.165) is 28.0 Å². The van der Waals surface area contributed by atoms with Crippen molar-refractivity contribution < 1.29 is 13.5 Å². The first kappa shape index (κ1) is 22.6. The van der Waals surface area contributed by atoms with Crippen LogP contribution in [0.5, 0.6) is 0 Å². The third-order valence-electron chi connectivity index (χ3n) is 6.45. The van der Waals surface area contributed by atoms with E-state index in [2.05, 4.69) is 10.6 Å². The fourth-order valence-electron chi connectivity index (χ4n) is 4.75. The molecule has 7 heteroatoms. The van der Waals surface area contributed by atoms with Gasteiger partial charge in [-0.1, -0.05) is 6.07 Å². The fraction of sp³-hybridized carbons (Fsp3) is 0.520. The van der Waals surface area contributed by atoms with Crippen LogP contribution in [-0.2, 0) is 18.3 Å². The summed E-state index contributed by atoms with van der Waals surface area (Å²) in [5.41, 5.74) is 4.44. The Morgan fingerprint density at radius 2 is 1.94 bits per heavy atom. The zero-order valence-corrected chi connectivity index (χ0v) is 19.2. The molecule has 1 saturated carbocycles. The van der Waals surface area contributed by atoms with E-state index >= 15 is 0 Å². The van der Waals surface area contributed by atoms with Crippen LogP contribution in [0.25, 0.3) is 22.2 Å². The highest BCUT2D eigenvalue weighted by molar-refractivity contribution is 5.82. The molecule has 1 aromatic carbocycles. The number of pyridine rings is 1. The number of hydrogen-bond acceptors (Lipinski definition) is 3. The highest BCUT2D eigenvalue weighted by Gasteiger charge is 2.37. The number of ether oxygens (including phenoxy) is 1. The summed E-state index contributed by atoms with van der Waals surface area (Å²) >= 11 is 0. The van der Waals surface area contributed by atoms with Crippen LogP contribution in [0.1, 0.15) is 56.8 Å². The molecule has 0 spiro atoms. The smallest absolute Gasteiger partial charge is 0.253 e. The summed E-state index contributed by atoms with van der Waals surface area (Å²) in [5, 5.41) is 0. The number of aryl methyl sites for hydroxylation is 2. The van der Waals surface area contributed by atoms with Crippen molar-refractivity contribution in [3.63, 3.8) is 0 Å². The molecule has 32 heavy (non-hydrogen) atoms. The maximum atomic E-state index is 13.8. The van der Waals surface area contributed by atoms with Crippen LogP contribution in [0.2, 0.25) is 0 Å². The number of fused-ring (bicyclic) bond motifs is 1. The number of alkyl halides is 2. The van der Waals surface area contributed by atoms with Crippen molar-refractivity contribution in [1.29, 1.82) is 0 Å². The molecule has 1 atom stereocenters. The first-order valence-corrected chi connectivity index (χ1v) is 11.4. The van der Waals surface area contributed by atoms with Crippen LogP contribution in [0, 0.1) is 6.92 Å². The number of nitrogens with zero attached hydrogens (tertiary/aromatic N) is 3. The van der Waals surface area contributed by atoms with E-state index in [0.29, 0.717) is 31.6 Å².